The van der Waals surface area contributed by atoms with Gasteiger partial charge in [-0.25, -0.2) is 0 Å². The molecule has 0 aromatic carbocycles. The molecular weight excluding hydrogens is 428 g/mol. The second-order valence-corrected chi connectivity index (χ2v) is 22.3. The fourth-order valence-electron chi connectivity index (χ4n) is 3.81. The molecule has 1 fully saturated rings. The second kappa shape index (κ2) is 11.3. The van der Waals surface area contributed by atoms with Crippen molar-refractivity contribution in [3.05, 3.63) is 24.8 Å². The van der Waals surface area contributed by atoms with Gasteiger partial charge in [0.15, 0.2) is 22.4 Å². The molecule has 1 aliphatic carbocycles. The van der Waals surface area contributed by atoms with Crippen molar-refractivity contribution in [2.24, 2.45) is 11.8 Å². The zero-order valence-electron chi connectivity index (χ0n) is 23.0. The van der Waals surface area contributed by atoms with Gasteiger partial charge in [0.05, 0.1) is 12.2 Å². The van der Waals surface area contributed by atoms with Gasteiger partial charge in [0, 0.05) is 18.3 Å². The predicted molar refractivity (Wildman–Crippen MR) is 144 cm³/mol. The first kappa shape index (κ1) is 29.5. The SMILES string of the molecule is C=C[C@H]1[C@@H](/C=C/C(=O)CCCCC)[C@H](O[Si](C)(C)C(C)(C)C)C[C@@H]1O[Si](C)(C)C(C)(C)C. The summed E-state index contributed by atoms with van der Waals surface area (Å²) in [5, 5.41) is 0.289. The highest BCUT2D eigenvalue weighted by molar-refractivity contribution is 6.74. The molecule has 0 saturated heterocycles. The van der Waals surface area contributed by atoms with E-state index in [1.165, 1.54) is 0 Å². The van der Waals surface area contributed by atoms with Crippen molar-refractivity contribution in [2.45, 2.75) is 129 Å². The van der Waals surface area contributed by atoms with Crippen molar-refractivity contribution in [3.8, 4) is 0 Å². The Morgan fingerprint density at radius 1 is 0.906 bits per heavy atom. The molecule has 0 aromatic heterocycles. The Hall–Kier alpha value is -0.496. The van der Waals surface area contributed by atoms with E-state index < -0.39 is 16.6 Å². The average molecular weight is 481 g/mol. The lowest BCUT2D eigenvalue weighted by molar-refractivity contribution is -0.114. The van der Waals surface area contributed by atoms with Crippen LogP contribution in [0.4, 0.5) is 0 Å². The minimum Gasteiger partial charge on any atom is -0.413 e. The Kier molecular flexibility index (Phi) is 10.4. The smallest absolute Gasteiger partial charge is 0.192 e. The highest BCUT2D eigenvalue weighted by Gasteiger charge is 2.49. The number of carbonyl (C=O) groups is 1. The van der Waals surface area contributed by atoms with E-state index >= 15 is 0 Å². The van der Waals surface area contributed by atoms with Gasteiger partial charge in [0.2, 0.25) is 0 Å². The number of allylic oxidation sites excluding steroid dienone is 1. The van der Waals surface area contributed by atoms with Gasteiger partial charge in [-0.3, -0.25) is 4.79 Å². The van der Waals surface area contributed by atoms with Gasteiger partial charge in [-0.05, 0) is 55.2 Å². The molecule has 0 aliphatic heterocycles. The molecular formula is C27H52O3Si2. The van der Waals surface area contributed by atoms with Crippen molar-refractivity contribution in [1.29, 1.82) is 0 Å². The average Bonchev–Trinajstić information content (AvgIpc) is 2.92. The normalized spacial score (nSPS) is 25.5. The lowest BCUT2D eigenvalue weighted by Gasteiger charge is -2.40. The van der Waals surface area contributed by atoms with Crippen LogP contribution in [0.2, 0.25) is 36.3 Å². The van der Waals surface area contributed by atoms with Crippen LogP contribution in [-0.4, -0.2) is 34.6 Å². The molecule has 0 unspecified atom stereocenters. The molecule has 0 spiro atoms. The maximum Gasteiger partial charge on any atom is 0.192 e. The zero-order valence-corrected chi connectivity index (χ0v) is 25.0. The lowest BCUT2D eigenvalue weighted by atomic mass is 9.93. The molecule has 0 amide bonds. The molecule has 5 heteroatoms. The Labute approximate surface area is 201 Å². The molecule has 0 bridgehead atoms. The van der Waals surface area contributed by atoms with Crippen LogP contribution in [-0.2, 0) is 13.6 Å². The summed E-state index contributed by atoms with van der Waals surface area (Å²) in [4.78, 5) is 12.5. The summed E-state index contributed by atoms with van der Waals surface area (Å²) in [7, 11) is -3.89. The van der Waals surface area contributed by atoms with Crippen LogP contribution in [0.15, 0.2) is 24.8 Å². The van der Waals surface area contributed by atoms with Crippen LogP contribution in [0.5, 0.6) is 0 Å². The van der Waals surface area contributed by atoms with Crippen molar-refractivity contribution in [1.82, 2.24) is 0 Å². The van der Waals surface area contributed by atoms with Crippen molar-refractivity contribution < 1.29 is 13.6 Å². The Bertz CT molecular complexity index is 653. The predicted octanol–water partition coefficient (Wildman–Crippen LogP) is 8.29. The number of hydrogen-bond donors (Lipinski definition) is 0. The topological polar surface area (TPSA) is 35.5 Å². The van der Waals surface area contributed by atoms with Crippen LogP contribution in [0, 0.1) is 11.8 Å². The van der Waals surface area contributed by atoms with E-state index in [-0.39, 0.29) is 39.9 Å². The molecule has 3 nitrogen and oxygen atoms in total. The third-order valence-electron chi connectivity index (χ3n) is 8.08. The number of rotatable bonds is 11. The second-order valence-electron chi connectivity index (χ2n) is 12.7. The molecule has 186 valence electrons. The molecule has 32 heavy (non-hydrogen) atoms. The molecule has 1 aliphatic rings. The number of carbonyl (C=O) groups excluding carboxylic acids is 1. The third-order valence-corrected chi connectivity index (χ3v) is 17.1. The number of ketones is 1. The standard InChI is InChI=1S/C27H52O3Si2/c1-13-15-16-17-21(28)18-19-23-22(14-2)24(29-31(9,10)26(3,4)5)20-25(23)30-32(11,12)27(6,7)8/h14,18-19,22-25H,2,13,15-17,20H2,1,3-12H3/b19-18+/t22-,23+,24-,25+/m0/s1. The Balaban J connectivity index is 3.19. The van der Waals surface area contributed by atoms with Crippen LogP contribution in [0.3, 0.4) is 0 Å². The summed E-state index contributed by atoms with van der Waals surface area (Å²) in [6, 6.07) is 0. The summed E-state index contributed by atoms with van der Waals surface area (Å²) in [5.74, 6) is 0.520. The number of unbranched alkanes of at least 4 members (excludes halogenated alkanes) is 2. The molecule has 0 aromatic rings. The van der Waals surface area contributed by atoms with Crippen LogP contribution in [0.1, 0.15) is 80.6 Å². The van der Waals surface area contributed by atoms with Gasteiger partial charge in [-0.2, -0.15) is 0 Å². The largest absolute Gasteiger partial charge is 0.413 e. The minimum absolute atomic E-state index is 0.0633. The molecule has 1 saturated carbocycles. The molecule has 0 N–H and O–H groups in total. The quantitative estimate of drug-likeness (QED) is 0.129. The fourth-order valence-corrected chi connectivity index (χ4v) is 6.54. The monoisotopic (exact) mass is 480 g/mol. The third kappa shape index (κ3) is 7.78. The van der Waals surface area contributed by atoms with Crippen LogP contribution < -0.4 is 0 Å². The van der Waals surface area contributed by atoms with Gasteiger partial charge >= 0.3 is 0 Å². The Morgan fingerprint density at radius 3 is 1.78 bits per heavy atom. The molecule has 1 rings (SSSR count). The first-order valence-electron chi connectivity index (χ1n) is 12.7. The van der Waals surface area contributed by atoms with Gasteiger partial charge in [-0.15, -0.1) is 6.58 Å². The molecule has 0 heterocycles. The van der Waals surface area contributed by atoms with Crippen molar-refractivity contribution >= 4 is 22.4 Å². The van der Waals surface area contributed by atoms with Crippen molar-refractivity contribution in [3.63, 3.8) is 0 Å². The summed E-state index contributed by atoms with van der Waals surface area (Å²) in [5.41, 5.74) is 0. The van der Waals surface area contributed by atoms with Gasteiger partial charge in [0.1, 0.15) is 0 Å². The summed E-state index contributed by atoms with van der Waals surface area (Å²) in [6.07, 6.45) is 10.8. The zero-order chi connectivity index (χ0) is 25.0. The van der Waals surface area contributed by atoms with E-state index in [2.05, 4.69) is 87.3 Å². The maximum absolute atomic E-state index is 12.5. The van der Waals surface area contributed by atoms with E-state index in [9.17, 15) is 4.79 Å². The molecule has 4 atom stereocenters. The van der Waals surface area contributed by atoms with Crippen LogP contribution >= 0.6 is 0 Å². The van der Waals surface area contributed by atoms with E-state index in [1.54, 1.807) is 0 Å². The minimum atomic E-state index is -1.96. The van der Waals surface area contributed by atoms with Crippen molar-refractivity contribution in [2.75, 3.05) is 0 Å². The van der Waals surface area contributed by atoms with E-state index in [0.717, 1.165) is 25.7 Å². The summed E-state index contributed by atoms with van der Waals surface area (Å²) in [6.45, 7) is 29.3. The first-order valence-corrected chi connectivity index (χ1v) is 18.5. The van der Waals surface area contributed by atoms with E-state index in [0.29, 0.717) is 6.42 Å². The van der Waals surface area contributed by atoms with Gasteiger partial charge < -0.3 is 8.85 Å². The van der Waals surface area contributed by atoms with Gasteiger partial charge in [0.25, 0.3) is 0 Å². The summed E-state index contributed by atoms with van der Waals surface area (Å²) < 4.78 is 13.8. The van der Waals surface area contributed by atoms with E-state index in [1.807, 2.05) is 12.2 Å². The maximum atomic E-state index is 12.5. The fraction of sp³-hybridized carbons (Fsp3) is 0.815. The summed E-state index contributed by atoms with van der Waals surface area (Å²) >= 11 is 0. The molecule has 0 radical (unpaired) electrons. The lowest BCUT2D eigenvalue weighted by Crippen LogP contribution is -2.45. The van der Waals surface area contributed by atoms with Gasteiger partial charge in [-0.1, -0.05) is 73.5 Å². The highest BCUT2D eigenvalue weighted by Crippen LogP contribution is 2.47. The van der Waals surface area contributed by atoms with Crippen LogP contribution in [0.25, 0.3) is 0 Å². The van der Waals surface area contributed by atoms with E-state index in [4.69, 9.17) is 8.85 Å². The first-order chi connectivity index (χ1) is 14.5. The Morgan fingerprint density at radius 2 is 1.38 bits per heavy atom. The number of hydrogen-bond acceptors (Lipinski definition) is 3. The highest BCUT2D eigenvalue weighted by atomic mass is 28.4.